The van der Waals surface area contributed by atoms with Gasteiger partial charge in [-0.1, -0.05) is 11.3 Å². The van der Waals surface area contributed by atoms with Crippen molar-refractivity contribution in [3.8, 4) is 0 Å². The summed E-state index contributed by atoms with van der Waals surface area (Å²) in [5.41, 5.74) is 0. The van der Waals surface area contributed by atoms with E-state index in [4.69, 9.17) is 21.7 Å². The van der Waals surface area contributed by atoms with Crippen LogP contribution >= 0.6 is 23.6 Å². The van der Waals surface area contributed by atoms with Crippen LogP contribution in [0.1, 0.15) is 33.1 Å². The first kappa shape index (κ1) is 20.3. The van der Waals surface area contributed by atoms with E-state index in [2.05, 4.69) is 15.3 Å². The number of nitrogens with zero attached hydrogens (tertiary/aromatic N) is 3. The maximum absolute atomic E-state index is 11.8. The highest BCUT2D eigenvalue weighted by molar-refractivity contribution is 7.73. The standard InChI is InChI=1S/C16H28N4O3S2/c1-3-22-11-5-8-17-15-18-20(16(24)25-15)12-19-9-6-13(7-10-19)14(21)23-4-2/h13H,3-12H2,1-2H3,(H,17,18). The van der Waals surface area contributed by atoms with E-state index in [9.17, 15) is 4.79 Å². The van der Waals surface area contributed by atoms with Crippen LogP contribution in [-0.4, -0.2) is 60.1 Å². The Bertz CT molecular complexity index is 582. The van der Waals surface area contributed by atoms with Gasteiger partial charge in [0.1, 0.15) is 0 Å². The molecule has 2 heterocycles. The molecule has 0 radical (unpaired) electrons. The van der Waals surface area contributed by atoms with Gasteiger partial charge in [-0.05, 0) is 45.3 Å². The minimum atomic E-state index is -0.0639. The Balaban J connectivity index is 1.76. The van der Waals surface area contributed by atoms with Gasteiger partial charge in [0, 0.05) is 32.8 Å². The number of hydrogen-bond acceptors (Lipinski definition) is 8. The molecule has 1 fully saturated rings. The normalized spacial score (nSPS) is 16.1. The molecule has 0 atom stereocenters. The summed E-state index contributed by atoms with van der Waals surface area (Å²) in [5, 5.41) is 8.70. The van der Waals surface area contributed by atoms with Gasteiger partial charge < -0.3 is 14.8 Å². The first-order chi connectivity index (χ1) is 12.1. The van der Waals surface area contributed by atoms with Crippen LogP contribution in [0.5, 0.6) is 0 Å². The van der Waals surface area contributed by atoms with Crippen molar-refractivity contribution in [3.05, 3.63) is 3.95 Å². The smallest absolute Gasteiger partial charge is 0.309 e. The lowest BCUT2D eigenvalue weighted by atomic mass is 9.97. The van der Waals surface area contributed by atoms with E-state index in [0.29, 0.717) is 13.3 Å². The van der Waals surface area contributed by atoms with E-state index in [1.807, 2.05) is 18.5 Å². The summed E-state index contributed by atoms with van der Waals surface area (Å²) < 4.78 is 13.1. The van der Waals surface area contributed by atoms with Crippen LogP contribution in [0.2, 0.25) is 0 Å². The molecular formula is C16H28N4O3S2. The number of piperidine rings is 1. The Labute approximate surface area is 158 Å². The summed E-state index contributed by atoms with van der Waals surface area (Å²) in [4.78, 5) is 14.1. The molecule has 1 aliphatic heterocycles. The predicted molar refractivity (Wildman–Crippen MR) is 101 cm³/mol. The van der Waals surface area contributed by atoms with E-state index in [-0.39, 0.29) is 11.9 Å². The molecule has 25 heavy (non-hydrogen) atoms. The Morgan fingerprint density at radius 2 is 2.12 bits per heavy atom. The fourth-order valence-electron chi connectivity index (χ4n) is 2.74. The summed E-state index contributed by atoms with van der Waals surface area (Å²) in [7, 11) is 0. The van der Waals surface area contributed by atoms with Crippen molar-refractivity contribution in [2.75, 3.05) is 44.8 Å². The zero-order chi connectivity index (χ0) is 18.1. The van der Waals surface area contributed by atoms with Crippen LogP contribution < -0.4 is 5.32 Å². The molecule has 0 saturated carbocycles. The van der Waals surface area contributed by atoms with Crippen molar-refractivity contribution in [3.63, 3.8) is 0 Å². The van der Waals surface area contributed by atoms with Gasteiger partial charge in [0.05, 0.1) is 19.2 Å². The summed E-state index contributed by atoms with van der Waals surface area (Å²) in [6.07, 6.45) is 2.61. The molecule has 1 aromatic rings. The maximum Gasteiger partial charge on any atom is 0.309 e. The predicted octanol–water partition coefficient (Wildman–Crippen LogP) is 2.75. The number of carbonyl (C=O) groups excluding carboxylic acids is 1. The van der Waals surface area contributed by atoms with E-state index >= 15 is 0 Å². The third kappa shape index (κ3) is 6.65. The van der Waals surface area contributed by atoms with Crippen LogP contribution in [0, 0.1) is 9.87 Å². The van der Waals surface area contributed by atoms with E-state index in [0.717, 1.165) is 61.2 Å². The molecule has 7 nitrogen and oxygen atoms in total. The monoisotopic (exact) mass is 388 g/mol. The van der Waals surface area contributed by atoms with Gasteiger partial charge in [-0.25, -0.2) is 4.68 Å². The molecule has 0 unspecified atom stereocenters. The summed E-state index contributed by atoms with van der Waals surface area (Å²) in [6.45, 7) is 9.02. The average Bonchev–Trinajstić information content (AvgIpc) is 2.95. The first-order valence-corrected chi connectivity index (χ1v) is 10.1. The maximum atomic E-state index is 11.8. The molecule has 1 aliphatic rings. The van der Waals surface area contributed by atoms with Crippen molar-refractivity contribution in [2.45, 2.75) is 39.8 Å². The number of aromatic nitrogens is 2. The lowest BCUT2D eigenvalue weighted by Gasteiger charge is -2.30. The first-order valence-electron chi connectivity index (χ1n) is 8.92. The van der Waals surface area contributed by atoms with Gasteiger partial charge in [0.25, 0.3) is 0 Å². The molecule has 0 amide bonds. The third-order valence-electron chi connectivity index (χ3n) is 4.09. The van der Waals surface area contributed by atoms with E-state index in [1.54, 1.807) is 0 Å². The van der Waals surface area contributed by atoms with Crippen LogP contribution in [0.15, 0.2) is 0 Å². The SMILES string of the molecule is CCOCCCNc1nn(CN2CCC(C(=O)OCC)CC2)c(=S)s1. The van der Waals surface area contributed by atoms with Crippen molar-refractivity contribution >= 4 is 34.7 Å². The van der Waals surface area contributed by atoms with Crippen LogP contribution in [0.3, 0.4) is 0 Å². The number of hydrogen-bond donors (Lipinski definition) is 1. The summed E-state index contributed by atoms with van der Waals surface area (Å²) >= 11 is 6.91. The number of nitrogens with one attached hydrogen (secondary N) is 1. The molecule has 1 aromatic heterocycles. The van der Waals surface area contributed by atoms with Gasteiger partial charge in [-0.2, -0.15) is 0 Å². The second-order valence-corrected chi connectivity index (χ2v) is 7.56. The number of esters is 1. The zero-order valence-corrected chi connectivity index (χ0v) is 16.7. The number of carbonyl (C=O) groups is 1. The highest BCUT2D eigenvalue weighted by Crippen LogP contribution is 2.20. The van der Waals surface area contributed by atoms with Crippen LogP contribution in [0.25, 0.3) is 0 Å². The second kappa shape index (κ2) is 10.8. The minimum Gasteiger partial charge on any atom is -0.466 e. The van der Waals surface area contributed by atoms with Gasteiger partial charge in [0.15, 0.2) is 3.95 Å². The molecule has 0 aromatic carbocycles. The fourth-order valence-corrected chi connectivity index (χ4v) is 3.76. The van der Waals surface area contributed by atoms with E-state index < -0.39 is 0 Å². The van der Waals surface area contributed by atoms with Crippen LogP contribution in [0.4, 0.5) is 5.13 Å². The van der Waals surface area contributed by atoms with E-state index in [1.165, 1.54) is 11.3 Å². The Morgan fingerprint density at radius 1 is 1.36 bits per heavy atom. The molecule has 1 N–H and O–H groups in total. The zero-order valence-electron chi connectivity index (χ0n) is 15.0. The minimum absolute atomic E-state index is 0.0298. The largest absolute Gasteiger partial charge is 0.466 e. The number of likely N-dealkylation sites (tertiary alicyclic amines) is 1. The Hall–Kier alpha value is -1.03. The lowest BCUT2D eigenvalue weighted by Crippen LogP contribution is -2.38. The quantitative estimate of drug-likeness (QED) is 0.375. The highest BCUT2D eigenvalue weighted by Gasteiger charge is 2.26. The summed E-state index contributed by atoms with van der Waals surface area (Å²) in [6, 6.07) is 0. The molecular weight excluding hydrogens is 360 g/mol. The molecule has 0 aliphatic carbocycles. The van der Waals surface area contributed by atoms with Crippen molar-refractivity contribution in [1.82, 2.24) is 14.7 Å². The highest BCUT2D eigenvalue weighted by atomic mass is 32.1. The Morgan fingerprint density at radius 3 is 2.80 bits per heavy atom. The molecule has 2 rings (SSSR count). The summed E-state index contributed by atoms with van der Waals surface area (Å²) in [5.74, 6) is -0.0341. The lowest BCUT2D eigenvalue weighted by molar-refractivity contribution is -0.149. The van der Waals surface area contributed by atoms with Gasteiger partial charge in [0.2, 0.25) is 5.13 Å². The number of ether oxygens (including phenoxy) is 2. The van der Waals surface area contributed by atoms with Gasteiger partial charge >= 0.3 is 5.97 Å². The second-order valence-electron chi connectivity index (χ2n) is 5.94. The van der Waals surface area contributed by atoms with Crippen molar-refractivity contribution < 1.29 is 14.3 Å². The molecule has 0 bridgehead atoms. The molecule has 142 valence electrons. The fraction of sp³-hybridized carbons (Fsp3) is 0.812. The molecule has 1 saturated heterocycles. The molecule has 0 spiro atoms. The third-order valence-corrected chi connectivity index (χ3v) is 5.36. The molecule has 9 heteroatoms. The number of anilines is 1. The van der Waals surface area contributed by atoms with Gasteiger partial charge in [-0.15, -0.1) is 5.10 Å². The topological polar surface area (TPSA) is 68.6 Å². The average molecular weight is 389 g/mol. The Kier molecular flexibility index (Phi) is 8.80. The van der Waals surface area contributed by atoms with Crippen molar-refractivity contribution in [1.29, 1.82) is 0 Å². The van der Waals surface area contributed by atoms with Gasteiger partial charge in [-0.3, -0.25) is 9.69 Å². The number of rotatable bonds is 10. The van der Waals surface area contributed by atoms with Crippen molar-refractivity contribution in [2.24, 2.45) is 5.92 Å². The van der Waals surface area contributed by atoms with Crippen LogP contribution in [-0.2, 0) is 20.9 Å².